The molecule has 0 radical (unpaired) electrons. The predicted octanol–water partition coefficient (Wildman–Crippen LogP) is 3.14. The zero-order chi connectivity index (χ0) is 27.6. The van der Waals surface area contributed by atoms with Crippen LogP contribution >= 0.6 is 0 Å². The van der Waals surface area contributed by atoms with Crippen LogP contribution in [0.25, 0.3) is 0 Å². The number of esters is 4. The first-order chi connectivity index (χ1) is 16.6. The maximum absolute atomic E-state index is 12.4. The Balaban J connectivity index is 0.000000284. The topological polar surface area (TPSA) is 142 Å². The lowest BCUT2D eigenvalue weighted by molar-refractivity contribution is -0.173. The molecule has 1 N–H and O–H groups in total. The van der Waals surface area contributed by atoms with Gasteiger partial charge in [-0.15, -0.1) is 0 Å². The van der Waals surface area contributed by atoms with Crippen molar-refractivity contribution < 1.29 is 48.0 Å². The van der Waals surface area contributed by atoms with Crippen LogP contribution in [0.2, 0.25) is 0 Å². The molecule has 0 aromatic heterocycles. The normalized spacial score (nSPS) is 28.9. The van der Waals surface area contributed by atoms with Crippen molar-refractivity contribution in [1.82, 2.24) is 0 Å². The molecule has 10 heteroatoms. The molecule has 0 aromatic rings. The Kier molecular flexibility index (Phi) is 9.18. The van der Waals surface area contributed by atoms with Crippen LogP contribution in [0, 0.1) is 34.5 Å². The van der Waals surface area contributed by atoms with Crippen LogP contribution in [0.15, 0.2) is 0 Å². The molecule has 36 heavy (non-hydrogen) atoms. The molecule has 2 bridgehead atoms. The summed E-state index contributed by atoms with van der Waals surface area (Å²) < 4.78 is 20.9. The molecular formula is C26H40O10. The molecule has 7 unspecified atom stereocenters. The second-order valence-corrected chi connectivity index (χ2v) is 11.2. The van der Waals surface area contributed by atoms with E-state index in [1.165, 1.54) is 7.11 Å². The van der Waals surface area contributed by atoms with E-state index in [-0.39, 0.29) is 36.2 Å². The van der Waals surface area contributed by atoms with Gasteiger partial charge in [0.15, 0.2) is 0 Å². The van der Waals surface area contributed by atoms with Gasteiger partial charge >= 0.3 is 29.8 Å². The number of rotatable bonds is 9. The van der Waals surface area contributed by atoms with Crippen molar-refractivity contribution in [2.75, 3.05) is 7.11 Å². The van der Waals surface area contributed by atoms with E-state index in [1.807, 2.05) is 27.7 Å². The van der Waals surface area contributed by atoms with Crippen LogP contribution in [-0.2, 0) is 42.9 Å². The largest absolute Gasteiger partial charge is 0.481 e. The summed E-state index contributed by atoms with van der Waals surface area (Å²) in [5, 5.41) is 8.47. The Bertz CT molecular complexity index is 876. The molecule has 3 rings (SSSR count). The van der Waals surface area contributed by atoms with E-state index in [9.17, 15) is 24.0 Å². The molecule has 1 saturated heterocycles. The summed E-state index contributed by atoms with van der Waals surface area (Å²) in [6.07, 6.45) is 0.351. The van der Waals surface area contributed by atoms with Gasteiger partial charge in [0.1, 0.15) is 18.3 Å². The number of aliphatic carboxylic acids is 1. The highest BCUT2D eigenvalue weighted by Crippen LogP contribution is 2.59. The number of carboxylic acids is 1. The van der Waals surface area contributed by atoms with Gasteiger partial charge < -0.3 is 24.1 Å². The maximum atomic E-state index is 12.4. The number of ether oxygens (including phenoxy) is 4. The zero-order valence-electron chi connectivity index (χ0n) is 22.5. The zero-order valence-corrected chi connectivity index (χ0v) is 22.5. The van der Waals surface area contributed by atoms with Gasteiger partial charge in [0.2, 0.25) is 0 Å². The number of fused-ring (bicyclic) bond motifs is 1. The fourth-order valence-electron chi connectivity index (χ4n) is 4.81. The summed E-state index contributed by atoms with van der Waals surface area (Å²) in [6.45, 7) is 12.6. The van der Waals surface area contributed by atoms with Crippen LogP contribution in [0.3, 0.4) is 0 Å². The third-order valence-corrected chi connectivity index (χ3v) is 7.91. The molecule has 204 valence electrons. The van der Waals surface area contributed by atoms with E-state index in [0.29, 0.717) is 19.3 Å². The van der Waals surface area contributed by atoms with Crippen molar-refractivity contribution in [2.24, 2.45) is 34.5 Å². The van der Waals surface area contributed by atoms with E-state index in [4.69, 9.17) is 24.1 Å². The van der Waals surface area contributed by atoms with Crippen LogP contribution < -0.4 is 0 Å². The van der Waals surface area contributed by atoms with Crippen LogP contribution in [-0.4, -0.2) is 60.4 Å². The van der Waals surface area contributed by atoms with Gasteiger partial charge in [0.05, 0.1) is 36.2 Å². The van der Waals surface area contributed by atoms with E-state index >= 15 is 0 Å². The van der Waals surface area contributed by atoms with E-state index in [0.717, 1.165) is 0 Å². The summed E-state index contributed by atoms with van der Waals surface area (Å²) in [7, 11) is 1.31. The molecule has 7 atom stereocenters. The minimum Gasteiger partial charge on any atom is -0.481 e. The van der Waals surface area contributed by atoms with Gasteiger partial charge in [0, 0.05) is 11.8 Å². The first kappa shape index (κ1) is 29.6. The second-order valence-electron chi connectivity index (χ2n) is 11.2. The SMILES string of the molecule is CCC(C)(C)C(=O)OC(C)CC(=O)O.CCC(C)(C)C(=O)OC1C2CC3C1OC(=O)C3C2C(=O)OC. The average Bonchev–Trinajstić information content (AvgIpc) is 3.42. The Labute approximate surface area is 212 Å². The van der Waals surface area contributed by atoms with Gasteiger partial charge in [-0.1, -0.05) is 13.8 Å². The molecule has 10 nitrogen and oxygen atoms in total. The van der Waals surface area contributed by atoms with Gasteiger partial charge in [-0.25, -0.2) is 0 Å². The van der Waals surface area contributed by atoms with Crippen molar-refractivity contribution in [3.63, 3.8) is 0 Å². The Morgan fingerprint density at radius 3 is 2.08 bits per heavy atom. The van der Waals surface area contributed by atoms with E-state index < -0.39 is 52.9 Å². The number of carbonyl (C=O) groups is 5. The highest BCUT2D eigenvalue weighted by molar-refractivity contribution is 5.86. The third-order valence-electron chi connectivity index (χ3n) is 7.91. The monoisotopic (exact) mass is 512 g/mol. The molecular weight excluding hydrogens is 472 g/mol. The molecule has 0 aromatic carbocycles. The summed E-state index contributed by atoms with van der Waals surface area (Å²) in [6, 6.07) is 0. The van der Waals surface area contributed by atoms with Gasteiger partial charge in [-0.05, 0) is 53.9 Å². The number of hydrogen-bond donors (Lipinski definition) is 1. The first-order valence-corrected chi connectivity index (χ1v) is 12.5. The highest BCUT2D eigenvalue weighted by atomic mass is 16.6. The molecule has 3 aliphatic rings. The minimum absolute atomic E-state index is 0.0378. The van der Waals surface area contributed by atoms with Crippen molar-refractivity contribution in [2.45, 2.75) is 92.5 Å². The summed E-state index contributed by atoms with van der Waals surface area (Å²) in [4.78, 5) is 58.2. The Morgan fingerprint density at radius 2 is 1.58 bits per heavy atom. The van der Waals surface area contributed by atoms with E-state index in [1.54, 1.807) is 20.8 Å². The van der Waals surface area contributed by atoms with Crippen molar-refractivity contribution in [3.05, 3.63) is 0 Å². The molecule has 2 aliphatic carbocycles. The Morgan fingerprint density at radius 1 is 1.03 bits per heavy atom. The second kappa shape index (κ2) is 11.2. The highest BCUT2D eigenvalue weighted by Gasteiger charge is 2.70. The summed E-state index contributed by atoms with van der Waals surface area (Å²) in [5.74, 6) is -3.59. The van der Waals surface area contributed by atoms with Crippen LogP contribution in [0.5, 0.6) is 0 Å². The molecule has 3 fully saturated rings. The van der Waals surface area contributed by atoms with Gasteiger partial charge in [-0.2, -0.15) is 0 Å². The quantitative estimate of drug-likeness (QED) is 0.361. The number of carboxylic acid groups (broad SMARTS) is 1. The number of methoxy groups -OCH3 is 1. The predicted molar refractivity (Wildman–Crippen MR) is 126 cm³/mol. The lowest BCUT2D eigenvalue weighted by Gasteiger charge is -2.32. The molecule has 0 spiro atoms. The molecule has 1 aliphatic heterocycles. The first-order valence-electron chi connectivity index (χ1n) is 12.5. The molecule has 0 amide bonds. The van der Waals surface area contributed by atoms with Gasteiger partial charge in [0.25, 0.3) is 0 Å². The standard InChI is InChI=1S/C16H22O6.C10H18O4/c1-5-16(2,3)15(19)22-12-7-6-8-10(9(7)13(17)20-4)14(18)21-11(8)12;1-5-10(3,4)9(13)14-7(2)6-8(11)12/h7-12H,5-6H2,1-4H3;7H,5-6H2,1-4H3,(H,11,12). The third kappa shape index (κ3) is 6.00. The van der Waals surface area contributed by atoms with Crippen molar-refractivity contribution in [3.8, 4) is 0 Å². The molecule has 1 heterocycles. The summed E-state index contributed by atoms with van der Waals surface area (Å²) in [5.41, 5.74) is -1.13. The van der Waals surface area contributed by atoms with Crippen molar-refractivity contribution in [1.29, 1.82) is 0 Å². The summed E-state index contributed by atoms with van der Waals surface area (Å²) >= 11 is 0. The maximum Gasteiger partial charge on any atom is 0.311 e. The lowest BCUT2D eigenvalue weighted by atomic mass is 9.78. The smallest absolute Gasteiger partial charge is 0.311 e. The Hall–Kier alpha value is -2.65. The fraction of sp³-hybridized carbons (Fsp3) is 0.808. The lowest BCUT2D eigenvalue weighted by Crippen LogP contribution is -2.45. The average molecular weight is 513 g/mol. The molecule has 2 saturated carbocycles. The van der Waals surface area contributed by atoms with Crippen LogP contribution in [0.4, 0.5) is 0 Å². The van der Waals surface area contributed by atoms with E-state index in [2.05, 4.69) is 0 Å². The minimum atomic E-state index is -0.959. The van der Waals surface area contributed by atoms with Crippen LogP contribution in [0.1, 0.15) is 74.1 Å². The van der Waals surface area contributed by atoms with Crippen molar-refractivity contribution >= 4 is 29.8 Å². The number of hydrogen-bond acceptors (Lipinski definition) is 9. The number of carbonyl (C=O) groups excluding carboxylic acids is 4. The van der Waals surface area contributed by atoms with Gasteiger partial charge in [-0.3, -0.25) is 24.0 Å². The fourth-order valence-corrected chi connectivity index (χ4v) is 4.81.